The van der Waals surface area contributed by atoms with Crippen molar-refractivity contribution in [1.82, 2.24) is 5.32 Å². The van der Waals surface area contributed by atoms with E-state index in [-0.39, 0.29) is 0 Å². The zero-order valence-corrected chi connectivity index (χ0v) is 9.79. The molecule has 0 bridgehead atoms. The normalized spacial score (nSPS) is 25.7. The first-order valence-corrected chi connectivity index (χ1v) is 6.08. The van der Waals surface area contributed by atoms with Gasteiger partial charge in [0, 0.05) is 6.04 Å². The molecule has 1 nitrogen and oxygen atoms in total. The van der Waals surface area contributed by atoms with E-state index in [1.807, 2.05) is 0 Å². The van der Waals surface area contributed by atoms with Gasteiger partial charge in [0.25, 0.3) is 0 Å². The number of nitrogens with one attached hydrogen (secondary N) is 1. The van der Waals surface area contributed by atoms with Gasteiger partial charge < -0.3 is 5.32 Å². The van der Waals surface area contributed by atoms with Crippen molar-refractivity contribution >= 4 is 0 Å². The zero-order valence-electron chi connectivity index (χ0n) is 9.79. The summed E-state index contributed by atoms with van der Waals surface area (Å²) >= 11 is 0. The standard InChI is InChI=1S/C14H21N/c1-3-13-7-8-15-14(13)10-12-6-4-5-11(2)9-12/h4-6,9,13-15H,3,7-8,10H2,1-2H3. The molecule has 0 aromatic heterocycles. The Labute approximate surface area is 92.9 Å². The maximum atomic E-state index is 3.63. The Balaban J connectivity index is 2.02. The van der Waals surface area contributed by atoms with E-state index in [1.165, 1.54) is 36.9 Å². The van der Waals surface area contributed by atoms with E-state index in [2.05, 4.69) is 43.4 Å². The van der Waals surface area contributed by atoms with Crippen molar-refractivity contribution in [3.63, 3.8) is 0 Å². The van der Waals surface area contributed by atoms with Gasteiger partial charge in [0.15, 0.2) is 0 Å². The number of aryl methyl sites for hydroxylation is 1. The highest BCUT2D eigenvalue weighted by atomic mass is 14.9. The molecule has 2 rings (SSSR count). The highest BCUT2D eigenvalue weighted by Gasteiger charge is 2.24. The van der Waals surface area contributed by atoms with Crippen LogP contribution < -0.4 is 5.32 Å². The lowest BCUT2D eigenvalue weighted by Crippen LogP contribution is -2.29. The first-order valence-electron chi connectivity index (χ1n) is 6.08. The molecule has 1 fully saturated rings. The molecule has 1 aromatic carbocycles. The van der Waals surface area contributed by atoms with E-state index in [0.29, 0.717) is 6.04 Å². The van der Waals surface area contributed by atoms with Gasteiger partial charge in [-0.2, -0.15) is 0 Å². The van der Waals surface area contributed by atoms with Crippen molar-refractivity contribution < 1.29 is 0 Å². The summed E-state index contributed by atoms with van der Waals surface area (Å²) in [6.07, 6.45) is 3.86. The summed E-state index contributed by atoms with van der Waals surface area (Å²) in [4.78, 5) is 0. The van der Waals surface area contributed by atoms with Crippen molar-refractivity contribution in [3.8, 4) is 0 Å². The van der Waals surface area contributed by atoms with E-state index in [4.69, 9.17) is 0 Å². The number of benzene rings is 1. The van der Waals surface area contributed by atoms with E-state index in [1.54, 1.807) is 0 Å². The monoisotopic (exact) mass is 203 g/mol. The van der Waals surface area contributed by atoms with Crippen LogP contribution in [0.5, 0.6) is 0 Å². The van der Waals surface area contributed by atoms with Crippen LogP contribution in [-0.2, 0) is 6.42 Å². The molecule has 15 heavy (non-hydrogen) atoms. The van der Waals surface area contributed by atoms with E-state index in [0.717, 1.165) is 5.92 Å². The Bertz CT molecular complexity index is 319. The molecule has 82 valence electrons. The van der Waals surface area contributed by atoms with Gasteiger partial charge in [0.1, 0.15) is 0 Å². The topological polar surface area (TPSA) is 12.0 Å². The Morgan fingerprint density at radius 1 is 1.40 bits per heavy atom. The molecule has 2 unspecified atom stereocenters. The van der Waals surface area contributed by atoms with Crippen LogP contribution in [-0.4, -0.2) is 12.6 Å². The van der Waals surface area contributed by atoms with Crippen molar-refractivity contribution in [1.29, 1.82) is 0 Å². The molecule has 1 saturated heterocycles. The fourth-order valence-electron chi connectivity index (χ4n) is 2.64. The molecule has 1 aliphatic heterocycles. The van der Waals surface area contributed by atoms with E-state index >= 15 is 0 Å². The van der Waals surface area contributed by atoms with Crippen LogP contribution in [0.1, 0.15) is 30.9 Å². The van der Waals surface area contributed by atoms with Crippen LogP contribution in [0.3, 0.4) is 0 Å². The Hall–Kier alpha value is -0.820. The van der Waals surface area contributed by atoms with Crippen molar-refractivity contribution in [2.75, 3.05) is 6.54 Å². The molecule has 2 atom stereocenters. The van der Waals surface area contributed by atoms with Gasteiger partial charge in [-0.1, -0.05) is 43.2 Å². The SMILES string of the molecule is CCC1CCNC1Cc1cccc(C)c1. The largest absolute Gasteiger partial charge is 0.313 e. The first-order chi connectivity index (χ1) is 7.29. The van der Waals surface area contributed by atoms with Gasteiger partial charge >= 0.3 is 0 Å². The van der Waals surface area contributed by atoms with Crippen molar-refractivity contribution in [3.05, 3.63) is 35.4 Å². The predicted molar refractivity (Wildman–Crippen MR) is 65.1 cm³/mol. The summed E-state index contributed by atoms with van der Waals surface area (Å²) in [6.45, 7) is 5.68. The summed E-state index contributed by atoms with van der Waals surface area (Å²) < 4.78 is 0. The minimum atomic E-state index is 0.705. The van der Waals surface area contributed by atoms with Crippen molar-refractivity contribution in [2.45, 2.75) is 39.2 Å². The van der Waals surface area contributed by atoms with Gasteiger partial charge in [-0.05, 0) is 37.8 Å². The molecule has 0 aliphatic carbocycles. The fourth-order valence-corrected chi connectivity index (χ4v) is 2.64. The minimum absolute atomic E-state index is 0.705. The maximum absolute atomic E-state index is 3.63. The molecule has 0 radical (unpaired) electrons. The summed E-state index contributed by atoms with van der Waals surface area (Å²) in [5.41, 5.74) is 2.85. The Kier molecular flexibility index (Phi) is 3.42. The van der Waals surface area contributed by atoms with Crippen LogP contribution in [0.15, 0.2) is 24.3 Å². The molecule has 0 amide bonds. The summed E-state index contributed by atoms with van der Waals surface area (Å²) in [7, 11) is 0. The molecule has 1 heteroatoms. The Morgan fingerprint density at radius 3 is 3.00 bits per heavy atom. The lowest BCUT2D eigenvalue weighted by molar-refractivity contribution is 0.433. The van der Waals surface area contributed by atoms with Crippen LogP contribution >= 0.6 is 0 Å². The average molecular weight is 203 g/mol. The van der Waals surface area contributed by atoms with E-state index in [9.17, 15) is 0 Å². The van der Waals surface area contributed by atoms with Crippen LogP contribution in [0.4, 0.5) is 0 Å². The third kappa shape index (κ3) is 2.60. The molecule has 1 heterocycles. The van der Waals surface area contributed by atoms with Gasteiger partial charge in [-0.3, -0.25) is 0 Å². The summed E-state index contributed by atoms with van der Waals surface area (Å²) in [5.74, 6) is 0.880. The molecule has 0 spiro atoms. The lowest BCUT2D eigenvalue weighted by Gasteiger charge is -2.18. The molecular weight excluding hydrogens is 182 g/mol. The molecule has 1 N–H and O–H groups in total. The fraction of sp³-hybridized carbons (Fsp3) is 0.571. The third-order valence-corrected chi connectivity index (χ3v) is 3.55. The van der Waals surface area contributed by atoms with Crippen LogP contribution in [0.2, 0.25) is 0 Å². The maximum Gasteiger partial charge on any atom is 0.0136 e. The second-order valence-corrected chi connectivity index (χ2v) is 4.71. The van der Waals surface area contributed by atoms with Crippen molar-refractivity contribution in [2.24, 2.45) is 5.92 Å². The number of hydrogen-bond acceptors (Lipinski definition) is 1. The smallest absolute Gasteiger partial charge is 0.0136 e. The molecule has 0 saturated carbocycles. The number of rotatable bonds is 3. The average Bonchev–Trinajstić information content (AvgIpc) is 2.65. The van der Waals surface area contributed by atoms with E-state index < -0.39 is 0 Å². The summed E-state index contributed by atoms with van der Waals surface area (Å²) in [5, 5.41) is 3.63. The quantitative estimate of drug-likeness (QED) is 0.796. The Morgan fingerprint density at radius 2 is 2.27 bits per heavy atom. The zero-order chi connectivity index (χ0) is 10.7. The van der Waals surface area contributed by atoms with Gasteiger partial charge in [0.2, 0.25) is 0 Å². The molecule has 1 aliphatic rings. The lowest BCUT2D eigenvalue weighted by atomic mass is 9.92. The summed E-state index contributed by atoms with van der Waals surface area (Å²) in [6, 6.07) is 9.60. The molecule has 1 aromatic rings. The van der Waals surface area contributed by atoms with Gasteiger partial charge in [0.05, 0.1) is 0 Å². The minimum Gasteiger partial charge on any atom is -0.313 e. The highest BCUT2D eigenvalue weighted by molar-refractivity contribution is 5.23. The predicted octanol–water partition coefficient (Wildman–Crippen LogP) is 2.93. The second kappa shape index (κ2) is 4.80. The first kappa shape index (κ1) is 10.7. The second-order valence-electron chi connectivity index (χ2n) is 4.71. The van der Waals surface area contributed by atoms with Crippen LogP contribution in [0.25, 0.3) is 0 Å². The van der Waals surface area contributed by atoms with Crippen LogP contribution in [0, 0.1) is 12.8 Å². The van der Waals surface area contributed by atoms with Gasteiger partial charge in [-0.25, -0.2) is 0 Å². The highest BCUT2D eigenvalue weighted by Crippen LogP contribution is 2.22. The number of hydrogen-bond donors (Lipinski definition) is 1. The van der Waals surface area contributed by atoms with Gasteiger partial charge in [-0.15, -0.1) is 0 Å². The molecular formula is C14H21N. The third-order valence-electron chi connectivity index (χ3n) is 3.55.